The van der Waals surface area contributed by atoms with Gasteiger partial charge in [-0.2, -0.15) is 4.99 Å². The summed E-state index contributed by atoms with van der Waals surface area (Å²) in [6.45, 7) is 0. The average molecular weight is 257 g/mol. The van der Waals surface area contributed by atoms with E-state index in [0.717, 1.165) is 22.2 Å². The minimum Gasteiger partial charge on any atom is -0.370 e. The van der Waals surface area contributed by atoms with Crippen molar-refractivity contribution in [2.24, 2.45) is 16.5 Å². The van der Waals surface area contributed by atoms with Gasteiger partial charge in [-0.25, -0.2) is 4.98 Å². The second kappa shape index (κ2) is 4.15. The zero-order valence-electron chi connectivity index (χ0n) is 9.42. The van der Waals surface area contributed by atoms with Crippen molar-refractivity contribution in [1.29, 1.82) is 0 Å². The van der Waals surface area contributed by atoms with Crippen LogP contribution in [0.25, 0.3) is 22.2 Å². The van der Waals surface area contributed by atoms with Gasteiger partial charge in [-0.1, -0.05) is 12.1 Å². The Morgan fingerprint density at radius 3 is 3.00 bits per heavy atom. The van der Waals surface area contributed by atoms with Gasteiger partial charge >= 0.3 is 0 Å². The van der Waals surface area contributed by atoms with Crippen molar-refractivity contribution in [3.05, 3.63) is 35.8 Å². The summed E-state index contributed by atoms with van der Waals surface area (Å²) in [6, 6.07) is 8.09. The Morgan fingerprint density at radius 1 is 1.28 bits per heavy atom. The Morgan fingerprint density at radius 2 is 2.17 bits per heavy atom. The largest absolute Gasteiger partial charge is 0.370 e. The molecule has 0 aliphatic carbocycles. The zero-order chi connectivity index (χ0) is 12.5. The van der Waals surface area contributed by atoms with Crippen LogP contribution in [0.1, 0.15) is 0 Å². The topological polar surface area (TPSA) is 93.1 Å². The molecule has 0 atom stereocenters. The third-order valence-electron chi connectivity index (χ3n) is 2.59. The predicted octanol–water partition coefficient (Wildman–Crippen LogP) is 2.20. The van der Waals surface area contributed by atoms with Crippen molar-refractivity contribution in [2.45, 2.75) is 0 Å². The lowest BCUT2D eigenvalue weighted by molar-refractivity contribution is 1.33. The molecule has 0 saturated carbocycles. The zero-order valence-corrected chi connectivity index (χ0v) is 10.2. The van der Waals surface area contributed by atoms with Crippen LogP contribution in [-0.4, -0.2) is 15.9 Å². The van der Waals surface area contributed by atoms with Crippen molar-refractivity contribution in [1.82, 2.24) is 9.97 Å². The number of H-pyrrole nitrogens is 1. The Balaban J connectivity index is 2.12. The first-order chi connectivity index (χ1) is 8.74. The summed E-state index contributed by atoms with van der Waals surface area (Å²) in [4.78, 5) is 11.5. The maximum Gasteiger partial charge on any atom is 0.212 e. The molecular formula is C12H11N5S. The molecule has 0 aliphatic heterocycles. The molecule has 5 nitrogen and oxygen atoms in total. The van der Waals surface area contributed by atoms with Crippen molar-refractivity contribution in [3.63, 3.8) is 0 Å². The first kappa shape index (κ1) is 10.8. The molecule has 0 unspecified atom stereocenters. The Kier molecular flexibility index (Phi) is 2.49. The van der Waals surface area contributed by atoms with Crippen molar-refractivity contribution in [2.75, 3.05) is 0 Å². The summed E-state index contributed by atoms with van der Waals surface area (Å²) in [6.07, 6.45) is 1.91. The molecule has 2 heterocycles. The van der Waals surface area contributed by atoms with E-state index >= 15 is 0 Å². The van der Waals surface area contributed by atoms with E-state index in [2.05, 4.69) is 15.0 Å². The SMILES string of the molecule is NC(N)=Nc1nc(-c2cccc3[nH]ccc23)cs1. The monoisotopic (exact) mass is 257 g/mol. The van der Waals surface area contributed by atoms with E-state index in [-0.39, 0.29) is 5.96 Å². The molecule has 3 rings (SSSR count). The number of rotatable bonds is 2. The number of nitrogens with zero attached hydrogens (tertiary/aromatic N) is 2. The van der Waals surface area contributed by atoms with E-state index in [0.29, 0.717) is 5.13 Å². The van der Waals surface area contributed by atoms with E-state index < -0.39 is 0 Å². The van der Waals surface area contributed by atoms with Gasteiger partial charge in [0.25, 0.3) is 0 Å². The molecular weight excluding hydrogens is 246 g/mol. The number of thiazole rings is 1. The smallest absolute Gasteiger partial charge is 0.212 e. The molecule has 3 aromatic rings. The van der Waals surface area contributed by atoms with Crippen LogP contribution >= 0.6 is 11.3 Å². The van der Waals surface area contributed by atoms with E-state index in [1.165, 1.54) is 11.3 Å². The summed E-state index contributed by atoms with van der Waals surface area (Å²) in [5.41, 5.74) is 13.7. The van der Waals surface area contributed by atoms with Gasteiger partial charge in [0.05, 0.1) is 5.69 Å². The molecule has 0 bridgehead atoms. The molecule has 0 saturated heterocycles. The van der Waals surface area contributed by atoms with Gasteiger partial charge in [-0.15, -0.1) is 11.3 Å². The van der Waals surface area contributed by atoms with Gasteiger partial charge < -0.3 is 16.5 Å². The standard InChI is InChI=1S/C12H11N5S/c13-11(14)17-12-16-10(6-18-12)7-2-1-3-9-8(7)4-5-15-9/h1-6,15H,(H4,13,14,16,17). The summed E-state index contributed by atoms with van der Waals surface area (Å²) in [7, 11) is 0. The highest BCUT2D eigenvalue weighted by molar-refractivity contribution is 7.13. The molecule has 18 heavy (non-hydrogen) atoms. The third kappa shape index (κ3) is 1.82. The highest BCUT2D eigenvalue weighted by atomic mass is 32.1. The summed E-state index contributed by atoms with van der Waals surface area (Å²) < 4.78 is 0. The Bertz CT molecular complexity index is 721. The second-order valence-corrected chi connectivity index (χ2v) is 4.63. The molecule has 0 radical (unpaired) electrons. The third-order valence-corrected chi connectivity index (χ3v) is 3.32. The Labute approximate surface area is 107 Å². The van der Waals surface area contributed by atoms with E-state index in [1.807, 2.05) is 35.8 Å². The number of aliphatic imine (C=N–C) groups is 1. The minimum atomic E-state index is 0.0238. The molecule has 2 aromatic heterocycles. The van der Waals surface area contributed by atoms with E-state index in [1.54, 1.807) is 0 Å². The molecule has 0 aliphatic rings. The van der Waals surface area contributed by atoms with Gasteiger partial charge in [0.15, 0.2) is 5.96 Å². The Hall–Kier alpha value is -2.34. The molecule has 6 heteroatoms. The summed E-state index contributed by atoms with van der Waals surface area (Å²) >= 11 is 1.42. The van der Waals surface area contributed by atoms with Crippen LogP contribution in [0.3, 0.4) is 0 Å². The highest BCUT2D eigenvalue weighted by Gasteiger charge is 2.08. The number of nitrogens with two attached hydrogens (primary N) is 2. The van der Waals surface area contributed by atoms with Crippen LogP contribution < -0.4 is 11.5 Å². The van der Waals surface area contributed by atoms with Gasteiger partial charge in [0.1, 0.15) is 0 Å². The van der Waals surface area contributed by atoms with Crippen LogP contribution in [-0.2, 0) is 0 Å². The molecule has 5 N–H and O–H groups in total. The highest BCUT2D eigenvalue weighted by Crippen LogP contribution is 2.31. The lowest BCUT2D eigenvalue weighted by Gasteiger charge is -1.98. The molecule has 0 fully saturated rings. The van der Waals surface area contributed by atoms with E-state index in [9.17, 15) is 0 Å². The summed E-state index contributed by atoms with van der Waals surface area (Å²) in [5, 5.41) is 3.65. The van der Waals surface area contributed by atoms with Crippen molar-refractivity contribution >= 4 is 33.3 Å². The second-order valence-electron chi connectivity index (χ2n) is 3.80. The first-order valence-electron chi connectivity index (χ1n) is 5.35. The maximum absolute atomic E-state index is 5.34. The predicted molar refractivity (Wildman–Crippen MR) is 74.9 cm³/mol. The molecule has 90 valence electrons. The first-order valence-corrected chi connectivity index (χ1v) is 6.23. The summed E-state index contributed by atoms with van der Waals surface area (Å²) in [5.74, 6) is 0.0238. The molecule has 0 amide bonds. The number of hydrogen-bond acceptors (Lipinski definition) is 3. The lowest BCUT2D eigenvalue weighted by Crippen LogP contribution is -2.21. The minimum absolute atomic E-state index is 0.0238. The van der Waals surface area contributed by atoms with Crippen molar-refractivity contribution in [3.8, 4) is 11.3 Å². The number of nitrogens with one attached hydrogen (secondary N) is 1. The lowest BCUT2D eigenvalue weighted by atomic mass is 10.1. The molecule has 0 spiro atoms. The average Bonchev–Trinajstić information content (AvgIpc) is 2.95. The van der Waals surface area contributed by atoms with Gasteiger partial charge in [0, 0.05) is 28.0 Å². The van der Waals surface area contributed by atoms with Gasteiger partial charge in [-0.3, -0.25) is 0 Å². The van der Waals surface area contributed by atoms with Crippen LogP contribution in [0, 0.1) is 0 Å². The van der Waals surface area contributed by atoms with E-state index in [4.69, 9.17) is 11.5 Å². The fourth-order valence-corrected chi connectivity index (χ4v) is 2.56. The maximum atomic E-state index is 5.34. The van der Waals surface area contributed by atoms with Gasteiger partial charge in [-0.05, 0) is 12.1 Å². The van der Waals surface area contributed by atoms with Gasteiger partial charge in [0.2, 0.25) is 5.13 Å². The quantitative estimate of drug-likeness (QED) is 0.485. The normalized spacial score (nSPS) is 10.7. The fraction of sp³-hybridized carbons (Fsp3) is 0. The number of benzene rings is 1. The number of aromatic nitrogens is 2. The number of guanidine groups is 1. The van der Waals surface area contributed by atoms with Crippen LogP contribution in [0.2, 0.25) is 0 Å². The van der Waals surface area contributed by atoms with Crippen LogP contribution in [0.15, 0.2) is 40.8 Å². The number of hydrogen-bond donors (Lipinski definition) is 3. The van der Waals surface area contributed by atoms with Crippen LogP contribution in [0.4, 0.5) is 5.13 Å². The van der Waals surface area contributed by atoms with Crippen LogP contribution in [0.5, 0.6) is 0 Å². The fourth-order valence-electron chi connectivity index (χ4n) is 1.86. The van der Waals surface area contributed by atoms with Crippen molar-refractivity contribution < 1.29 is 0 Å². The number of aromatic amines is 1. The number of fused-ring (bicyclic) bond motifs is 1. The molecule has 1 aromatic carbocycles.